The van der Waals surface area contributed by atoms with E-state index in [9.17, 15) is 9.90 Å². The molecule has 1 aromatic rings. The average Bonchev–Trinajstić information content (AvgIpc) is 2.50. The van der Waals surface area contributed by atoms with Crippen molar-refractivity contribution < 1.29 is 9.90 Å². The number of phenols is 1. The lowest BCUT2D eigenvalue weighted by molar-refractivity contribution is -0.121. The van der Waals surface area contributed by atoms with Crippen LogP contribution < -0.4 is 5.43 Å². The predicted octanol–water partition coefficient (Wildman–Crippen LogP) is 4.37. The Morgan fingerprint density at radius 2 is 1.82 bits per heavy atom. The second-order valence-corrected chi connectivity index (χ2v) is 5.61. The Kier molecular flexibility index (Phi) is 9.75. The molecule has 22 heavy (non-hydrogen) atoms. The summed E-state index contributed by atoms with van der Waals surface area (Å²) >= 11 is 0. The van der Waals surface area contributed by atoms with Gasteiger partial charge in [-0.1, -0.05) is 64.0 Å². The summed E-state index contributed by atoms with van der Waals surface area (Å²) in [5, 5.41) is 13.2. The molecule has 122 valence electrons. The maximum atomic E-state index is 11.6. The van der Waals surface area contributed by atoms with Crippen LogP contribution in [-0.2, 0) is 4.79 Å². The molecule has 0 fully saturated rings. The van der Waals surface area contributed by atoms with E-state index in [0.717, 1.165) is 18.4 Å². The van der Waals surface area contributed by atoms with Crippen molar-refractivity contribution in [1.82, 2.24) is 5.43 Å². The summed E-state index contributed by atoms with van der Waals surface area (Å²) in [7, 11) is 0. The molecule has 4 heteroatoms. The highest BCUT2D eigenvalue weighted by Crippen LogP contribution is 2.10. The molecule has 0 saturated carbocycles. The first-order valence-corrected chi connectivity index (χ1v) is 8.33. The number of nitrogens with zero attached hydrogens (tertiary/aromatic N) is 1. The van der Waals surface area contributed by atoms with Gasteiger partial charge in [-0.15, -0.1) is 0 Å². The third-order valence-electron chi connectivity index (χ3n) is 3.53. The van der Waals surface area contributed by atoms with E-state index in [4.69, 9.17) is 0 Å². The minimum atomic E-state index is -0.0533. The average molecular weight is 304 g/mol. The number of hydrogen-bond acceptors (Lipinski definition) is 3. The van der Waals surface area contributed by atoms with E-state index in [2.05, 4.69) is 17.5 Å². The molecule has 2 N–H and O–H groups in total. The molecule has 0 heterocycles. The molecular formula is C18H28N2O2. The van der Waals surface area contributed by atoms with Crippen LogP contribution in [0.2, 0.25) is 0 Å². The molecule has 0 atom stereocenters. The number of hydrazone groups is 1. The van der Waals surface area contributed by atoms with Gasteiger partial charge in [0.25, 0.3) is 0 Å². The molecule has 0 aromatic heterocycles. The minimum Gasteiger partial charge on any atom is -0.508 e. The van der Waals surface area contributed by atoms with Crippen molar-refractivity contribution >= 4 is 12.1 Å². The van der Waals surface area contributed by atoms with E-state index >= 15 is 0 Å². The van der Waals surface area contributed by atoms with Gasteiger partial charge in [0.2, 0.25) is 5.91 Å². The number of amides is 1. The Bertz CT molecular complexity index is 458. The zero-order valence-corrected chi connectivity index (χ0v) is 13.6. The standard InChI is InChI=1S/C18H28N2O2/c1-2-3-4-5-6-7-8-9-13-18(22)20-19-15-16-11-10-12-17(21)14-16/h10-12,14-15,21H,2-9,13H2,1H3,(H,20,22). The molecule has 0 spiro atoms. The largest absolute Gasteiger partial charge is 0.508 e. The fourth-order valence-corrected chi connectivity index (χ4v) is 2.26. The molecule has 0 bridgehead atoms. The van der Waals surface area contributed by atoms with Gasteiger partial charge in [0.15, 0.2) is 0 Å². The van der Waals surface area contributed by atoms with Crippen LogP contribution in [0.15, 0.2) is 29.4 Å². The summed E-state index contributed by atoms with van der Waals surface area (Å²) in [6.45, 7) is 2.22. The normalized spacial score (nSPS) is 11.0. The summed E-state index contributed by atoms with van der Waals surface area (Å²) in [5.41, 5.74) is 3.28. The van der Waals surface area contributed by atoms with Crippen molar-refractivity contribution in [2.45, 2.75) is 64.7 Å². The van der Waals surface area contributed by atoms with Crippen LogP contribution in [0.1, 0.15) is 70.3 Å². The van der Waals surface area contributed by atoms with E-state index < -0.39 is 0 Å². The zero-order valence-electron chi connectivity index (χ0n) is 13.6. The van der Waals surface area contributed by atoms with Crippen molar-refractivity contribution in [3.05, 3.63) is 29.8 Å². The quantitative estimate of drug-likeness (QED) is 0.362. The van der Waals surface area contributed by atoms with Crippen LogP contribution in [0.5, 0.6) is 5.75 Å². The monoisotopic (exact) mass is 304 g/mol. The van der Waals surface area contributed by atoms with Gasteiger partial charge in [0.1, 0.15) is 5.75 Å². The van der Waals surface area contributed by atoms with E-state index in [-0.39, 0.29) is 11.7 Å². The topological polar surface area (TPSA) is 61.7 Å². The summed E-state index contributed by atoms with van der Waals surface area (Å²) in [4.78, 5) is 11.6. The lowest BCUT2D eigenvalue weighted by Crippen LogP contribution is -2.16. The van der Waals surface area contributed by atoms with Crippen LogP contribution in [0.4, 0.5) is 0 Å². The Labute approximate surface area is 133 Å². The van der Waals surface area contributed by atoms with Crippen LogP contribution in [-0.4, -0.2) is 17.2 Å². The number of carbonyl (C=O) groups is 1. The number of unbranched alkanes of at least 4 members (excludes halogenated alkanes) is 7. The predicted molar refractivity (Wildman–Crippen MR) is 91.1 cm³/mol. The minimum absolute atomic E-state index is 0.0533. The van der Waals surface area contributed by atoms with E-state index in [1.54, 1.807) is 18.2 Å². The van der Waals surface area contributed by atoms with Gasteiger partial charge < -0.3 is 5.11 Å². The van der Waals surface area contributed by atoms with Crippen molar-refractivity contribution in [3.8, 4) is 5.75 Å². The summed E-state index contributed by atoms with van der Waals surface area (Å²) in [6.07, 6.45) is 11.8. The van der Waals surface area contributed by atoms with Gasteiger partial charge in [-0.2, -0.15) is 5.10 Å². The summed E-state index contributed by atoms with van der Waals surface area (Å²) in [6, 6.07) is 6.74. The number of benzene rings is 1. The fourth-order valence-electron chi connectivity index (χ4n) is 2.26. The van der Waals surface area contributed by atoms with E-state index in [1.165, 1.54) is 44.7 Å². The number of hydrogen-bond donors (Lipinski definition) is 2. The lowest BCUT2D eigenvalue weighted by Gasteiger charge is -2.01. The maximum Gasteiger partial charge on any atom is 0.240 e. The van der Waals surface area contributed by atoms with Crippen molar-refractivity contribution in [2.75, 3.05) is 0 Å². The molecule has 0 aliphatic rings. The highest BCUT2D eigenvalue weighted by molar-refractivity contribution is 5.82. The Morgan fingerprint density at radius 1 is 1.14 bits per heavy atom. The molecular weight excluding hydrogens is 276 g/mol. The first-order chi connectivity index (χ1) is 10.7. The number of aromatic hydroxyl groups is 1. The third-order valence-corrected chi connectivity index (χ3v) is 3.53. The second-order valence-electron chi connectivity index (χ2n) is 5.61. The molecule has 4 nitrogen and oxygen atoms in total. The smallest absolute Gasteiger partial charge is 0.240 e. The van der Waals surface area contributed by atoms with Gasteiger partial charge in [-0.3, -0.25) is 4.79 Å². The van der Waals surface area contributed by atoms with Crippen molar-refractivity contribution in [3.63, 3.8) is 0 Å². The Hall–Kier alpha value is -1.84. The van der Waals surface area contributed by atoms with Gasteiger partial charge >= 0.3 is 0 Å². The van der Waals surface area contributed by atoms with Crippen LogP contribution in [0, 0.1) is 0 Å². The van der Waals surface area contributed by atoms with Gasteiger partial charge in [-0.25, -0.2) is 5.43 Å². The van der Waals surface area contributed by atoms with Gasteiger partial charge in [-0.05, 0) is 24.1 Å². The first-order valence-electron chi connectivity index (χ1n) is 8.33. The number of phenolic OH excluding ortho intramolecular Hbond substituents is 1. The molecule has 1 amide bonds. The third kappa shape index (κ3) is 9.16. The zero-order chi connectivity index (χ0) is 16.0. The Balaban J connectivity index is 2.04. The number of carbonyl (C=O) groups excluding carboxylic acids is 1. The second kappa shape index (κ2) is 11.8. The number of rotatable bonds is 11. The molecule has 1 aromatic carbocycles. The fraction of sp³-hybridized carbons (Fsp3) is 0.556. The van der Waals surface area contributed by atoms with Crippen LogP contribution in [0.3, 0.4) is 0 Å². The first kappa shape index (κ1) is 18.2. The highest BCUT2D eigenvalue weighted by atomic mass is 16.3. The molecule has 1 rings (SSSR count). The van der Waals surface area contributed by atoms with Crippen molar-refractivity contribution in [2.24, 2.45) is 5.10 Å². The maximum absolute atomic E-state index is 11.6. The SMILES string of the molecule is CCCCCCCCCCC(=O)NN=Cc1cccc(O)c1. The Morgan fingerprint density at radius 3 is 2.50 bits per heavy atom. The van der Waals surface area contributed by atoms with Gasteiger partial charge in [0.05, 0.1) is 6.21 Å². The van der Waals surface area contributed by atoms with Crippen molar-refractivity contribution in [1.29, 1.82) is 0 Å². The number of nitrogens with one attached hydrogen (secondary N) is 1. The van der Waals surface area contributed by atoms with Crippen LogP contribution in [0.25, 0.3) is 0 Å². The highest BCUT2D eigenvalue weighted by Gasteiger charge is 1.99. The molecule has 0 unspecified atom stereocenters. The van der Waals surface area contributed by atoms with E-state index in [1.807, 2.05) is 6.07 Å². The van der Waals surface area contributed by atoms with Crippen LogP contribution >= 0.6 is 0 Å². The molecule has 0 radical (unpaired) electrons. The van der Waals surface area contributed by atoms with Gasteiger partial charge in [0, 0.05) is 6.42 Å². The molecule has 0 saturated heterocycles. The molecule has 0 aliphatic heterocycles. The summed E-state index contributed by atoms with van der Waals surface area (Å²) < 4.78 is 0. The van der Waals surface area contributed by atoms with E-state index in [0.29, 0.717) is 6.42 Å². The summed E-state index contributed by atoms with van der Waals surface area (Å²) in [5.74, 6) is 0.136. The molecule has 0 aliphatic carbocycles. The lowest BCUT2D eigenvalue weighted by atomic mass is 10.1.